The number of hydrogen-bond acceptors (Lipinski definition) is 4. The van der Waals surface area contributed by atoms with Crippen LogP contribution in [-0.4, -0.2) is 30.9 Å². The van der Waals surface area contributed by atoms with E-state index in [9.17, 15) is 4.79 Å². The number of halogens is 1. The number of nitrogens with zero attached hydrogens (tertiary/aromatic N) is 4. The molecule has 3 aromatic carbocycles. The zero-order chi connectivity index (χ0) is 20.7. The number of benzene rings is 3. The number of carbonyl (C=O) groups excluding carboxylic acids is 1. The monoisotopic (exact) mass is 414 g/mol. The second-order valence-corrected chi connectivity index (χ2v) is 7.16. The van der Waals surface area contributed by atoms with E-state index in [2.05, 4.69) is 20.3 Å². The van der Waals surface area contributed by atoms with Crippen LogP contribution in [0.3, 0.4) is 0 Å². The molecule has 1 amide bonds. The molecular formula is C22H15ClN6O. The van der Waals surface area contributed by atoms with Crippen LogP contribution >= 0.6 is 11.6 Å². The third-order valence-electron chi connectivity index (χ3n) is 4.77. The highest BCUT2D eigenvalue weighted by Crippen LogP contribution is 2.33. The zero-order valence-corrected chi connectivity index (χ0v) is 16.3. The molecular weight excluding hydrogens is 400 g/mol. The van der Waals surface area contributed by atoms with Gasteiger partial charge in [-0.1, -0.05) is 53.2 Å². The maximum atomic E-state index is 11.8. The highest BCUT2D eigenvalue weighted by atomic mass is 35.5. The van der Waals surface area contributed by atoms with Crippen molar-refractivity contribution in [1.82, 2.24) is 25.0 Å². The van der Waals surface area contributed by atoms with Crippen LogP contribution in [-0.2, 0) is 0 Å². The molecule has 7 nitrogen and oxygen atoms in total. The quantitative estimate of drug-likeness (QED) is 0.459. The molecule has 8 heteroatoms. The van der Waals surface area contributed by atoms with Crippen LogP contribution in [0.25, 0.3) is 39.2 Å². The number of imidazole rings is 1. The van der Waals surface area contributed by atoms with Gasteiger partial charge in [-0.15, -0.1) is 5.10 Å². The topological polar surface area (TPSA) is 102 Å². The number of fused-ring (bicyclic) bond motifs is 1. The van der Waals surface area contributed by atoms with Crippen molar-refractivity contribution in [3.05, 3.63) is 83.6 Å². The Labute approximate surface area is 176 Å². The van der Waals surface area contributed by atoms with Gasteiger partial charge in [0.1, 0.15) is 5.52 Å². The number of amides is 1. The summed E-state index contributed by atoms with van der Waals surface area (Å²) in [6.45, 7) is 0. The van der Waals surface area contributed by atoms with Crippen LogP contribution in [0.2, 0.25) is 5.02 Å². The summed E-state index contributed by atoms with van der Waals surface area (Å²) in [5, 5.41) is 9.10. The molecule has 3 N–H and O–H groups in total. The minimum atomic E-state index is -0.637. The number of nitrogens with one attached hydrogen (secondary N) is 1. The van der Waals surface area contributed by atoms with E-state index in [0.29, 0.717) is 16.4 Å². The van der Waals surface area contributed by atoms with Crippen molar-refractivity contribution in [2.75, 3.05) is 0 Å². The van der Waals surface area contributed by atoms with E-state index in [1.54, 1.807) is 16.8 Å². The first-order valence-corrected chi connectivity index (χ1v) is 9.55. The smallest absolute Gasteiger partial charge is 0.284 e. The summed E-state index contributed by atoms with van der Waals surface area (Å²) < 4.78 is 1.77. The van der Waals surface area contributed by atoms with Gasteiger partial charge in [-0.25, -0.2) is 9.67 Å². The van der Waals surface area contributed by atoms with E-state index in [1.165, 1.54) is 0 Å². The predicted molar refractivity (Wildman–Crippen MR) is 115 cm³/mol. The molecule has 0 fully saturated rings. The molecule has 0 saturated heterocycles. The molecule has 0 radical (unpaired) electrons. The standard InChI is InChI=1S/C22H15ClN6O/c23-15-6-4-5-13(11-15)19-20(26-22(25-19)21(24)30)14-9-10-17-18(12-14)29(28-27-17)16-7-2-1-3-8-16/h1-12H,(H2,24,30)(H,25,26). The molecule has 0 bridgehead atoms. The van der Waals surface area contributed by atoms with E-state index in [-0.39, 0.29) is 5.82 Å². The van der Waals surface area contributed by atoms with Crippen molar-refractivity contribution in [2.24, 2.45) is 5.73 Å². The number of primary amides is 1. The maximum absolute atomic E-state index is 11.8. The van der Waals surface area contributed by atoms with Crippen LogP contribution in [0.15, 0.2) is 72.8 Å². The number of aromatic nitrogens is 5. The molecule has 0 aliphatic heterocycles. The van der Waals surface area contributed by atoms with Crippen LogP contribution < -0.4 is 5.73 Å². The summed E-state index contributed by atoms with van der Waals surface area (Å²) in [6.07, 6.45) is 0. The van der Waals surface area contributed by atoms with Gasteiger partial charge in [-0.2, -0.15) is 0 Å². The molecule has 0 aliphatic carbocycles. The molecule has 0 atom stereocenters. The van der Waals surface area contributed by atoms with Crippen LogP contribution in [0.5, 0.6) is 0 Å². The minimum Gasteiger partial charge on any atom is -0.363 e. The van der Waals surface area contributed by atoms with Crippen molar-refractivity contribution in [3.8, 4) is 28.2 Å². The van der Waals surface area contributed by atoms with E-state index in [1.807, 2.05) is 60.7 Å². The van der Waals surface area contributed by atoms with Gasteiger partial charge in [0.2, 0.25) is 0 Å². The molecule has 146 valence electrons. The lowest BCUT2D eigenvalue weighted by Crippen LogP contribution is -2.12. The van der Waals surface area contributed by atoms with Gasteiger partial charge in [0, 0.05) is 16.1 Å². The highest BCUT2D eigenvalue weighted by Gasteiger charge is 2.18. The van der Waals surface area contributed by atoms with Gasteiger partial charge in [0.05, 0.1) is 22.6 Å². The number of para-hydroxylation sites is 1. The Balaban J connectivity index is 1.71. The van der Waals surface area contributed by atoms with Gasteiger partial charge >= 0.3 is 0 Å². The molecule has 0 spiro atoms. The normalized spacial score (nSPS) is 11.1. The van der Waals surface area contributed by atoms with Gasteiger partial charge in [0.15, 0.2) is 5.82 Å². The van der Waals surface area contributed by atoms with Crippen LogP contribution in [0, 0.1) is 0 Å². The number of nitrogens with two attached hydrogens (primary N) is 1. The third-order valence-corrected chi connectivity index (χ3v) is 5.01. The van der Waals surface area contributed by atoms with Crippen molar-refractivity contribution < 1.29 is 4.79 Å². The summed E-state index contributed by atoms with van der Waals surface area (Å²) in [5.74, 6) is -0.559. The molecule has 5 aromatic rings. The van der Waals surface area contributed by atoms with E-state index in [4.69, 9.17) is 17.3 Å². The zero-order valence-electron chi connectivity index (χ0n) is 15.6. The van der Waals surface area contributed by atoms with Crippen molar-refractivity contribution >= 4 is 28.5 Å². The Hall–Kier alpha value is -3.97. The minimum absolute atomic E-state index is 0.0785. The number of hydrogen-bond donors (Lipinski definition) is 2. The molecule has 0 unspecified atom stereocenters. The summed E-state index contributed by atoms with van der Waals surface area (Å²) in [7, 11) is 0. The van der Waals surface area contributed by atoms with Crippen molar-refractivity contribution in [2.45, 2.75) is 0 Å². The van der Waals surface area contributed by atoms with Crippen molar-refractivity contribution in [1.29, 1.82) is 0 Å². The fraction of sp³-hybridized carbons (Fsp3) is 0. The number of rotatable bonds is 4. The molecule has 30 heavy (non-hydrogen) atoms. The lowest BCUT2D eigenvalue weighted by molar-refractivity contribution is 0.0991. The fourth-order valence-corrected chi connectivity index (χ4v) is 3.57. The lowest BCUT2D eigenvalue weighted by atomic mass is 10.0. The number of aromatic amines is 1. The summed E-state index contributed by atoms with van der Waals surface area (Å²) in [5.41, 5.74) is 10.8. The molecule has 2 aromatic heterocycles. The van der Waals surface area contributed by atoms with Crippen LogP contribution in [0.4, 0.5) is 0 Å². The maximum Gasteiger partial charge on any atom is 0.284 e. The first-order chi connectivity index (χ1) is 14.6. The lowest BCUT2D eigenvalue weighted by Gasteiger charge is -2.06. The first-order valence-electron chi connectivity index (χ1n) is 9.17. The Morgan fingerprint density at radius 1 is 0.967 bits per heavy atom. The highest BCUT2D eigenvalue weighted by molar-refractivity contribution is 6.30. The second kappa shape index (κ2) is 7.13. The van der Waals surface area contributed by atoms with E-state index >= 15 is 0 Å². The predicted octanol–water partition coefficient (Wildman–Crippen LogP) is 4.23. The SMILES string of the molecule is NC(=O)c1nc(-c2cccc(Cl)c2)c(-c2ccc3nnn(-c4ccccc4)c3c2)[nH]1. The van der Waals surface area contributed by atoms with Gasteiger partial charge in [-0.05, 0) is 36.4 Å². The Bertz CT molecular complexity index is 1390. The number of H-pyrrole nitrogens is 1. The molecule has 2 heterocycles. The van der Waals surface area contributed by atoms with E-state index in [0.717, 1.165) is 27.8 Å². The molecule has 0 saturated carbocycles. The van der Waals surface area contributed by atoms with E-state index < -0.39 is 5.91 Å². The summed E-state index contributed by atoms with van der Waals surface area (Å²) in [6, 6.07) is 22.8. The fourth-order valence-electron chi connectivity index (χ4n) is 3.38. The van der Waals surface area contributed by atoms with Crippen molar-refractivity contribution in [3.63, 3.8) is 0 Å². The van der Waals surface area contributed by atoms with Crippen LogP contribution in [0.1, 0.15) is 10.6 Å². The Morgan fingerprint density at radius 2 is 1.80 bits per heavy atom. The first kappa shape index (κ1) is 18.1. The average molecular weight is 415 g/mol. The Kier molecular flexibility index (Phi) is 4.30. The molecule has 0 aliphatic rings. The summed E-state index contributed by atoms with van der Waals surface area (Å²) in [4.78, 5) is 19.3. The van der Waals surface area contributed by atoms with Gasteiger partial charge in [0.25, 0.3) is 5.91 Å². The largest absolute Gasteiger partial charge is 0.363 e. The second-order valence-electron chi connectivity index (χ2n) is 6.72. The Morgan fingerprint density at radius 3 is 2.57 bits per heavy atom. The number of carbonyl (C=O) groups is 1. The van der Waals surface area contributed by atoms with Gasteiger partial charge < -0.3 is 10.7 Å². The third kappa shape index (κ3) is 3.11. The average Bonchev–Trinajstić information content (AvgIpc) is 3.39. The summed E-state index contributed by atoms with van der Waals surface area (Å²) >= 11 is 6.17. The van der Waals surface area contributed by atoms with Gasteiger partial charge in [-0.3, -0.25) is 4.79 Å². The molecule has 5 rings (SSSR count).